The molecule has 5 rings (SSSR count). The van der Waals surface area contributed by atoms with Gasteiger partial charge >= 0.3 is 0 Å². The summed E-state index contributed by atoms with van der Waals surface area (Å²) >= 11 is 1.72. The molecule has 2 aromatic heterocycles. The van der Waals surface area contributed by atoms with E-state index in [1.807, 2.05) is 19.9 Å². The molecule has 0 amide bonds. The standard InChI is InChI=1S/C27H22FNS/c1-17(2)13-18-11-12-29-25(14-18)21-6-10-24-23-9-5-20(15-26(23)30-27(24)16-21)19-3-7-22(28)8-4-19/h3-12,14-17H,13H2,1-2H3/i13D2. The van der Waals surface area contributed by atoms with Crippen molar-refractivity contribution in [1.82, 2.24) is 4.98 Å². The number of thiophene rings is 1. The first-order valence-electron chi connectivity index (χ1n) is 11.0. The molecule has 2 heterocycles. The summed E-state index contributed by atoms with van der Waals surface area (Å²) in [7, 11) is 0. The number of aromatic nitrogens is 1. The van der Waals surface area contributed by atoms with Crippen LogP contribution in [0.25, 0.3) is 42.6 Å². The third-order valence-corrected chi connectivity index (χ3v) is 6.28. The zero-order chi connectivity index (χ0) is 22.5. The van der Waals surface area contributed by atoms with Gasteiger partial charge in [0.1, 0.15) is 5.82 Å². The van der Waals surface area contributed by atoms with E-state index >= 15 is 0 Å². The van der Waals surface area contributed by atoms with Crippen LogP contribution in [0.15, 0.2) is 79.0 Å². The van der Waals surface area contributed by atoms with E-state index in [-0.39, 0.29) is 11.7 Å². The molecule has 0 saturated heterocycles. The number of halogens is 1. The Morgan fingerprint density at radius 3 is 2.17 bits per heavy atom. The molecule has 0 spiro atoms. The van der Waals surface area contributed by atoms with Crippen LogP contribution in [0, 0.1) is 11.7 Å². The first-order valence-corrected chi connectivity index (χ1v) is 10.8. The zero-order valence-electron chi connectivity index (χ0n) is 18.8. The van der Waals surface area contributed by atoms with Gasteiger partial charge in [0, 0.05) is 34.7 Å². The van der Waals surface area contributed by atoms with E-state index in [1.165, 1.54) is 27.6 Å². The lowest BCUT2D eigenvalue weighted by Gasteiger charge is -2.07. The highest BCUT2D eigenvalue weighted by Gasteiger charge is 2.10. The molecule has 3 heteroatoms. The van der Waals surface area contributed by atoms with Crippen molar-refractivity contribution >= 4 is 31.5 Å². The predicted octanol–water partition coefficient (Wildman–Crippen LogP) is 8.12. The van der Waals surface area contributed by atoms with Gasteiger partial charge in [-0.05, 0) is 65.4 Å². The van der Waals surface area contributed by atoms with Crippen molar-refractivity contribution in [1.29, 1.82) is 0 Å². The average molecular weight is 414 g/mol. The Bertz CT molecular complexity index is 1440. The van der Waals surface area contributed by atoms with E-state index in [4.69, 9.17) is 2.74 Å². The van der Waals surface area contributed by atoms with Crippen molar-refractivity contribution in [3.63, 3.8) is 0 Å². The number of hydrogen-bond donors (Lipinski definition) is 0. The summed E-state index contributed by atoms with van der Waals surface area (Å²) in [5.74, 6) is -0.360. The van der Waals surface area contributed by atoms with E-state index in [1.54, 1.807) is 35.7 Å². The van der Waals surface area contributed by atoms with Crippen molar-refractivity contribution in [3.05, 3.63) is 90.4 Å². The fraction of sp³-hybridized carbons (Fsp3) is 0.148. The maximum Gasteiger partial charge on any atom is 0.123 e. The largest absolute Gasteiger partial charge is 0.256 e. The van der Waals surface area contributed by atoms with Crippen LogP contribution < -0.4 is 0 Å². The third-order valence-electron chi connectivity index (χ3n) is 5.16. The number of fused-ring (bicyclic) bond motifs is 3. The molecule has 1 nitrogen and oxygen atoms in total. The molecular formula is C27H22FNS. The average Bonchev–Trinajstić information content (AvgIpc) is 3.16. The van der Waals surface area contributed by atoms with E-state index in [0.717, 1.165) is 27.1 Å². The molecule has 0 radical (unpaired) electrons. The molecule has 0 atom stereocenters. The summed E-state index contributed by atoms with van der Waals surface area (Å²) in [4.78, 5) is 4.51. The Kier molecular flexibility index (Phi) is 4.27. The summed E-state index contributed by atoms with van der Waals surface area (Å²) in [5, 5.41) is 2.38. The Balaban J connectivity index is 1.57. The maximum absolute atomic E-state index is 13.3. The minimum Gasteiger partial charge on any atom is -0.256 e. The summed E-state index contributed by atoms with van der Waals surface area (Å²) < 4.78 is 32.4. The van der Waals surface area contributed by atoms with E-state index in [2.05, 4.69) is 41.4 Å². The van der Waals surface area contributed by atoms with Gasteiger partial charge in [-0.15, -0.1) is 11.3 Å². The lowest BCUT2D eigenvalue weighted by molar-refractivity contribution is 0.628. The highest BCUT2D eigenvalue weighted by atomic mass is 32.1. The molecule has 0 bridgehead atoms. The van der Waals surface area contributed by atoms with Gasteiger partial charge in [0.2, 0.25) is 0 Å². The number of benzene rings is 3. The SMILES string of the molecule is [2H]C([2H])(c1ccnc(-c2ccc3c(c2)sc2cc(-c4ccc(F)cc4)ccc23)c1)C(C)C. The van der Waals surface area contributed by atoms with E-state index < -0.39 is 6.37 Å². The number of pyridine rings is 1. The summed E-state index contributed by atoms with van der Waals surface area (Å²) in [6, 6.07) is 22.9. The highest BCUT2D eigenvalue weighted by Crippen LogP contribution is 2.38. The molecule has 0 fully saturated rings. The van der Waals surface area contributed by atoms with Crippen molar-refractivity contribution in [2.45, 2.75) is 20.2 Å². The zero-order valence-corrected chi connectivity index (χ0v) is 17.6. The topological polar surface area (TPSA) is 12.9 Å². The van der Waals surface area contributed by atoms with Crippen LogP contribution in [0.3, 0.4) is 0 Å². The van der Waals surface area contributed by atoms with E-state index in [9.17, 15) is 4.39 Å². The monoisotopic (exact) mass is 413 g/mol. The van der Waals surface area contributed by atoms with Crippen LogP contribution >= 0.6 is 11.3 Å². The molecule has 0 aliphatic carbocycles. The van der Waals surface area contributed by atoms with Crippen molar-refractivity contribution in [3.8, 4) is 22.4 Å². The highest BCUT2D eigenvalue weighted by molar-refractivity contribution is 7.25. The van der Waals surface area contributed by atoms with Crippen LogP contribution in [0.2, 0.25) is 0 Å². The van der Waals surface area contributed by atoms with Gasteiger partial charge in [0.25, 0.3) is 0 Å². The minimum atomic E-state index is -1.41. The Hall–Kier alpha value is -3.04. The summed E-state index contributed by atoms with van der Waals surface area (Å²) in [5.41, 5.74) is 4.46. The fourth-order valence-electron chi connectivity index (χ4n) is 3.77. The van der Waals surface area contributed by atoms with Crippen LogP contribution in [-0.4, -0.2) is 4.98 Å². The second-order valence-corrected chi connectivity index (χ2v) is 8.84. The van der Waals surface area contributed by atoms with Gasteiger partial charge in [-0.25, -0.2) is 4.39 Å². The number of nitrogens with zero attached hydrogens (tertiary/aromatic N) is 1. The second kappa shape index (κ2) is 7.66. The molecule has 0 aliphatic heterocycles. The van der Waals surface area contributed by atoms with Crippen molar-refractivity contribution in [2.24, 2.45) is 5.92 Å². The molecule has 30 heavy (non-hydrogen) atoms. The van der Waals surface area contributed by atoms with Crippen LogP contribution in [-0.2, 0) is 6.37 Å². The van der Waals surface area contributed by atoms with Gasteiger partial charge in [0.05, 0.1) is 5.69 Å². The Labute approximate surface area is 182 Å². The molecule has 0 N–H and O–H groups in total. The van der Waals surface area contributed by atoms with Gasteiger partial charge in [-0.3, -0.25) is 4.98 Å². The van der Waals surface area contributed by atoms with Gasteiger partial charge in [0.15, 0.2) is 0 Å². The third kappa shape index (κ3) is 3.61. The van der Waals surface area contributed by atoms with Gasteiger partial charge in [-0.2, -0.15) is 0 Å². The number of rotatable bonds is 4. The van der Waals surface area contributed by atoms with Gasteiger partial charge < -0.3 is 0 Å². The Morgan fingerprint density at radius 2 is 1.47 bits per heavy atom. The quantitative estimate of drug-likeness (QED) is 0.290. The molecule has 0 saturated carbocycles. The smallest absolute Gasteiger partial charge is 0.123 e. The van der Waals surface area contributed by atoms with Crippen molar-refractivity contribution < 1.29 is 7.13 Å². The summed E-state index contributed by atoms with van der Waals surface area (Å²) in [6.07, 6.45) is 0.283. The van der Waals surface area contributed by atoms with Crippen LogP contribution in [0.1, 0.15) is 22.2 Å². The molecule has 3 aromatic carbocycles. The van der Waals surface area contributed by atoms with Crippen LogP contribution in [0.4, 0.5) is 4.39 Å². The normalized spacial score (nSPS) is 13.1. The fourth-order valence-corrected chi connectivity index (χ4v) is 4.95. The minimum absolute atomic E-state index is 0.127. The molecule has 0 aliphatic rings. The molecule has 148 valence electrons. The van der Waals surface area contributed by atoms with Crippen molar-refractivity contribution in [2.75, 3.05) is 0 Å². The van der Waals surface area contributed by atoms with Gasteiger partial charge in [-0.1, -0.05) is 50.2 Å². The van der Waals surface area contributed by atoms with E-state index in [0.29, 0.717) is 5.56 Å². The second-order valence-electron chi connectivity index (χ2n) is 7.76. The first-order chi connectivity index (χ1) is 15.3. The molecule has 0 unspecified atom stereocenters. The lowest BCUT2D eigenvalue weighted by atomic mass is 10.0. The summed E-state index contributed by atoms with van der Waals surface area (Å²) in [6.45, 7) is 3.78. The number of hydrogen-bond acceptors (Lipinski definition) is 2. The molecular weight excluding hydrogens is 389 g/mol. The lowest BCUT2D eigenvalue weighted by Crippen LogP contribution is -1.95. The first kappa shape index (κ1) is 16.7. The molecule has 5 aromatic rings. The Morgan fingerprint density at radius 1 is 0.833 bits per heavy atom. The maximum atomic E-state index is 13.3. The van der Waals surface area contributed by atoms with Crippen LogP contribution in [0.5, 0.6) is 0 Å². The predicted molar refractivity (Wildman–Crippen MR) is 126 cm³/mol.